The third-order valence-electron chi connectivity index (χ3n) is 6.04. The predicted octanol–water partition coefficient (Wildman–Crippen LogP) is 4.46. The average Bonchev–Trinajstić information content (AvgIpc) is 3.63. The van der Waals surface area contributed by atoms with Gasteiger partial charge < -0.3 is 9.64 Å². The maximum Gasteiger partial charge on any atom is 0.406 e. The van der Waals surface area contributed by atoms with E-state index in [2.05, 4.69) is 0 Å². The van der Waals surface area contributed by atoms with E-state index >= 15 is 0 Å². The molecule has 0 saturated heterocycles. The number of esters is 1. The van der Waals surface area contributed by atoms with Crippen molar-refractivity contribution in [3.05, 3.63) is 69.2 Å². The highest BCUT2D eigenvalue weighted by molar-refractivity contribution is 6.41. The minimum Gasteiger partial charge on any atom is -0.452 e. The molecule has 1 fully saturated rings. The second kappa shape index (κ2) is 8.87. The maximum absolute atomic E-state index is 13.0. The summed E-state index contributed by atoms with van der Waals surface area (Å²) in [5.41, 5.74) is -0.0551. The highest BCUT2D eigenvalue weighted by atomic mass is 35.5. The average molecular weight is 494 g/mol. The van der Waals surface area contributed by atoms with E-state index in [4.69, 9.17) is 16.3 Å². The van der Waals surface area contributed by atoms with Crippen molar-refractivity contribution in [3.8, 4) is 0 Å². The zero-order chi connectivity index (χ0) is 24.8. The Morgan fingerprint density at radius 3 is 2.26 bits per heavy atom. The summed E-state index contributed by atoms with van der Waals surface area (Å²) in [6.45, 7) is -0.838. The lowest BCUT2D eigenvalue weighted by atomic mass is 9.83. The molecule has 2 aliphatic carbocycles. The summed E-state index contributed by atoms with van der Waals surface area (Å²) >= 11 is 6.30. The first-order valence-electron chi connectivity index (χ1n) is 10.5. The molecule has 10 heteroatoms. The van der Waals surface area contributed by atoms with Crippen molar-refractivity contribution in [2.75, 3.05) is 13.2 Å². The molecule has 6 nitrogen and oxygen atoms in total. The molecule has 1 atom stereocenters. The Kier molecular flexibility index (Phi) is 6.24. The maximum atomic E-state index is 13.0. The van der Waals surface area contributed by atoms with Gasteiger partial charge >= 0.3 is 12.1 Å². The van der Waals surface area contributed by atoms with Crippen LogP contribution in [-0.2, 0) is 9.53 Å². The molecule has 2 aromatic rings. The third-order valence-corrected chi connectivity index (χ3v) is 6.44. The van der Waals surface area contributed by atoms with Crippen molar-refractivity contribution in [1.29, 1.82) is 0 Å². The lowest BCUT2D eigenvalue weighted by molar-refractivity contribution is -0.167. The zero-order valence-electron chi connectivity index (χ0n) is 17.9. The molecule has 178 valence electrons. The monoisotopic (exact) mass is 493 g/mol. The molecular weight excluding hydrogens is 475 g/mol. The van der Waals surface area contributed by atoms with Gasteiger partial charge in [-0.05, 0) is 37.8 Å². The van der Waals surface area contributed by atoms with Crippen molar-refractivity contribution in [1.82, 2.24) is 4.90 Å². The molecular formula is C24H19ClF3NO5. The number of carbonyl (C=O) groups is 4. The van der Waals surface area contributed by atoms with Gasteiger partial charge in [-0.3, -0.25) is 14.4 Å². The Labute approximate surface area is 197 Å². The van der Waals surface area contributed by atoms with E-state index in [1.165, 1.54) is 31.2 Å². The molecule has 2 aliphatic rings. The normalized spacial score (nSPS) is 15.9. The van der Waals surface area contributed by atoms with Crippen LogP contribution in [0.2, 0.25) is 5.02 Å². The summed E-state index contributed by atoms with van der Waals surface area (Å²) < 4.78 is 43.9. The van der Waals surface area contributed by atoms with E-state index in [1.54, 1.807) is 12.1 Å². The van der Waals surface area contributed by atoms with Gasteiger partial charge in [0.15, 0.2) is 18.2 Å². The molecule has 4 rings (SSSR count). The number of ketones is 2. The van der Waals surface area contributed by atoms with Crippen LogP contribution in [0, 0.1) is 5.92 Å². The van der Waals surface area contributed by atoms with E-state index in [9.17, 15) is 32.3 Å². The molecule has 0 heterocycles. The van der Waals surface area contributed by atoms with Gasteiger partial charge in [0.25, 0.3) is 5.91 Å². The molecule has 0 N–H and O–H groups in total. The van der Waals surface area contributed by atoms with Crippen LogP contribution in [0.4, 0.5) is 13.2 Å². The summed E-state index contributed by atoms with van der Waals surface area (Å²) in [4.78, 5) is 51.5. The third kappa shape index (κ3) is 4.57. The van der Waals surface area contributed by atoms with Crippen LogP contribution in [0.1, 0.15) is 62.0 Å². The lowest BCUT2D eigenvalue weighted by Crippen LogP contribution is -2.47. The topological polar surface area (TPSA) is 80.8 Å². The van der Waals surface area contributed by atoms with Gasteiger partial charge in [0.2, 0.25) is 0 Å². The van der Waals surface area contributed by atoms with Crippen LogP contribution in [0.3, 0.4) is 0 Å². The second-order valence-electron chi connectivity index (χ2n) is 8.34. The van der Waals surface area contributed by atoms with Crippen LogP contribution < -0.4 is 0 Å². The summed E-state index contributed by atoms with van der Waals surface area (Å²) in [7, 11) is 0. The molecule has 0 bridgehead atoms. The largest absolute Gasteiger partial charge is 0.452 e. The first-order chi connectivity index (χ1) is 16.0. The number of fused-ring (bicyclic) bond motifs is 2. The first-order valence-corrected chi connectivity index (χ1v) is 10.9. The fraction of sp³-hybridized carbons (Fsp3) is 0.333. The molecule has 1 amide bonds. The Hall–Kier alpha value is -3.20. The molecule has 0 aliphatic heterocycles. The molecule has 34 heavy (non-hydrogen) atoms. The summed E-state index contributed by atoms with van der Waals surface area (Å²) in [6, 6.07) is 7.98. The smallest absolute Gasteiger partial charge is 0.406 e. The van der Waals surface area contributed by atoms with Crippen molar-refractivity contribution >= 4 is 35.0 Å². The van der Waals surface area contributed by atoms with Crippen LogP contribution in [-0.4, -0.2) is 53.7 Å². The Morgan fingerprint density at radius 1 is 1.06 bits per heavy atom. The standard InChI is InChI=1S/C24H19ClF3NO5/c1-12(13-6-7-13)29(11-24(26,27)28)18(30)10-34-23(33)17-9-8-16-19(20(17)25)22(32)15-5-3-2-4-14(15)21(16)31/h2-5,8-9,12-13H,6-7,10-11H2,1H3. The summed E-state index contributed by atoms with van der Waals surface area (Å²) in [5, 5.41) is -0.318. The van der Waals surface area contributed by atoms with E-state index in [-0.39, 0.29) is 38.8 Å². The Balaban J connectivity index is 1.53. The van der Waals surface area contributed by atoms with Gasteiger partial charge in [0.05, 0.1) is 16.1 Å². The molecule has 0 radical (unpaired) electrons. The number of carbonyl (C=O) groups excluding carboxylic acids is 4. The van der Waals surface area contributed by atoms with Gasteiger partial charge in [0.1, 0.15) is 6.54 Å². The molecule has 0 aromatic heterocycles. The minimum atomic E-state index is -4.60. The van der Waals surface area contributed by atoms with Gasteiger partial charge in [0, 0.05) is 22.7 Å². The quantitative estimate of drug-likeness (QED) is 0.474. The summed E-state index contributed by atoms with van der Waals surface area (Å²) in [5.74, 6) is -3.08. The van der Waals surface area contributed by atoms with E-state index in [1.807, 2.05) is 0 Å². The van der Waals surface area contributed by atoms with Gasteiger partial charge in [-0.25, -0.2) is 4.79 Å². The number of amides is 1. The lowest BCUT2D eigenvalue weighted by Gasteiger charge is -2.30. The number of halogens is 4. The fourth-order valence-electron chi connectivity index (χ4n) is 4.08. The zero-order valence-corrected chi connectivity index (χ0v) is 18.7. The van der Waals surface area contributed by atoms with Crippen LogP contribution in [0.15, 0.2) is 36.4 Å². The SMILES string of the molecule is CC(C1CC1)N(CC(F)(F)F)C(=O)COC(=O)c1ccc2c(c1Cl)C(=O)c1ccccc1C2=O. The molecule has 0 spiro atoms. The first kappa shape index (κ1) is 23.9. The predicted molar refractivity (Wildman–Crippen MR) is 115 cm³/mol. The number of hydrogen-bond donors (Lipinski definition) is 0. The summed E-state index contributed by atoms with van der Waals surface area (Å²) in [6.07, 6.45) is -3.15. The van der Waals surface area contributed by atoms with Crippen molar-refractivity contribution < 1.29 is 37.1 Å². The number of hydrogen-bond acceptors (Lipinski definition) is 5. The second-order valence-corrected chi connectivity index (χ2v) is 8.72. The number of alkyl halides is 3. The van der Waals surface area contributed by atoms with Crippen LogP contribution >= 0.6 is 11.6 Å². The van der Waals surface area contributed by atoms with Crippen molar-refractivity contribution in [2.45, 2.75) is 32.0 Å². The minimum absolute atomic E-state index is 0.0240. The molecule has 1 saturated carbocycles. The number of benzene rings is 2. The van der Waals surface area contributed by atoms with Gasteiger partial charge in [-0.2, -0.15) is 13.2 Å². The Morgan fingerprint density at radius 2 is 1.68 bits per heavy atom. The fourth-order valence-corrected chi connectivity index (χ4v) is 4.41. The van der Waals surface area contributed by atoms with Crippen LogP contribution in [0.5, 0.6) is 0 Å². The van der Waals surface area contributed by atoms with E-state index < -0.39 is 48.8 Å². The van der Waals surface area contributed by atoms with Crippen LogP contribution in [0.25, 0.3) is 0 Å². The van der Waals surface area contributed by atoms with E-state index in [0.29, 0.717) is 4.90 Å². The van der Waals surface area contributed by atoms with Crippen molar-refractivity contribution in [3.63, 3.8) is 0 Å². The Bertz CT molecular complexity index is 1210. The number of nitrogens with zero attached hydrogens (tertiary/aromatic N) is 1. The van der Waals surface area contributed by atoms with Gasteiger partial charge in [-0.15, -0.1) is 0 Å². The molecule has 1 unspecified atom stereocenters. The highest BCUT2D eigenvalue weighted by Crippen LogP contribution is 2.37. The van der Waals surface area contributed by atoms with E-state index in [0.717, 1.165) is 12.8 Å². The molecule has 2 aromatic carbocycles. The number of rotatable bonds is 6. The highest BCUT2D eigenvalue weighted by Gasteiger charge is 2.41. The van der Waals surface area contributed by atoms with Crippen molar-refractivity contribution in [2.24, 2.45) is 5.92 Å². The number of ether oxygens (including phenoxy) is 1. The van der Waals surface area contributed by atoms with Gasteiger partial charge in [-0.1, -0.05) is 35.9 Å².